The lowest BCUT2D eigenvalue weighted by molar-refractivity contribution is -0.128. The average Bonchev–Trinajstić information content (AvgIpc) is 2.34. The van der Waals surface area contributed by atoms with Crippen LogP contribution in [0.5, 0.6) is 5.75 Å². The molecule has 0 spiro atoms. The maximum atomic E-state index is 11.3. The summed E-state index contributed by atoms with van der Waals surface area (Å²) >= 11 is 6.10. The summed E-state index contributed by atoms with van der Waals surface area (Å²) in [5.74, 6) is -0.126. The molecule has 0 aromatic heterocycles. The van der Waals surface area contributed by atoms with E-state index in [0.717, 1.165) is 22.4 Å². The standard InChI is InChI=1S/C14H11ClO2/c1-3-13(16)17-14-11-7-5-4-6-10(11)9(2)8-12(14)15/h3-8H,1H2,2H3. The molecule has 0 saturated carbocycles. The molecule has 0 aliphatic carbocycles. The SMILES string of the molecule is C=CC(=O)Oc1c(Cl)cc(C)c2ccccc12. The van der Waals surface area contributed by atoms with Crippen LogP contribution in [0.15, 0.2) is 43.0 Å². The van der Waals surface area contributed by atoms with Gasteiger partial charge >= 0.3 is 5.97 Å². The molecule has 0 aliphatic rings. The lowest BCUT2D eigenvalue weighted by Crippen LogP contribution is -2.04. The summed E-state index contributed by atoms with van der Waals surface area (Å²) in [7, 11) is 0. The van der Waals surface area contributed by atoms with Crippen LogP contribution in [-0.4, -0.2) is 5.97 Å². The number of halogens is 1. The molecule has 0 amide bonds. The Morgan fingerprint density at radius 3 is 2.65 bits per heavy atom. The van der Waals surface area contributed by atoms with E-state index in [-0.39, 0.29) is 0 Å². The van der Waals surface area contributed by atoms with Gasteiger partial charge in [0.05, 0.1) is 5.02 Å². The fourth-order valence-corrected chi connectivity index (χ4v) is 2.04. The molecule has 2 aromatic carbocycles. The van der Waals surface area contributed by atoms with E-state index in [1.54, 1.807) is 6.07 Å². The van der Waals surface area contributed by atoms with E-state index in [2.05, 4.69) is 6.58 Å². The van der Waals surface area contributed by atoms with Crippen LogP contribution in [0.3, 0.4) is 0 Å². The minimum Gasteiger partial charge on any atom is -0.421 e. The molecule has 0 radical (unpaired) electrons. The zero-order chi connectivity index (χ0) is 12.4. The van der Waals surface area contributed by atoms with Gasteiger partial charge in [0.2, 0.25) is 0 Å². The van der Waals surface area contributed by atoms with Gasteiger partial charge in [-0.05, 0) is 23.9 Å². The summed E-state index contributed by atoms with van der Waals surface area (Å²) in [5.41, 5.74) is 1.05. The highest BCUT2D eigenvalue weighted by Crippen LogP contribution is 2.35. The molecule has 0 atom stereocenters. The monoisotopic (exact) mass is 246 g/mol. The van der Waals surface area contributed by atoms with E-state index in [9.17, 15) is 4.79 Å². The van der Waals surface area contributed by atoms with Crippen molar-refractivity contribution in [3.63, 3.8) is 0 Å². The predicted molar refractivity (Wildman–Crippen MR) is 69.5 cm³/mol. The summed E-state index contributed by atoms with van der Waals surface area (Å²) < 4.78 is 5.17. The van der Waals surface area contributed by atoms with Crippen molar-refractivity contribution < 1.29 is 9.53 Å². The van der Waals surface area contributed by atoms with Crippen LogP contribution in [0.4, 0.5) is 0 Å². The number of esters is 1. The number of carbonyl (C=O) groups excluding carboxylic acids is 1. The van der Waals surface area contributed by atoms with Gasteiger partial charge in [0.25, 0.3) is 0 Å². The molecule has 86 valence electrons. The third-order valence-electron chi connectivity index (χ3n) is 2.53. The maximum absolute atomic E-state index is 11.3. The first kappa shape index (κ1) is 11.7. The molecule has 0 saturated heterocycles. The van der Waals surface area contributed by atoms with Crippen LogP contribution in [0.2, 0.25) is 5.02 Å². The molecule has 2 rings (SSSR count). The van der Waals surface area contributed by atoms with Crippen molar-refractivity contribution in [3.05, 3.63) is 53.6 Å². The molecule has 0 heterocycles. The number of ether oxygens (including phenoxy) is 1. The topological polar surface area (TPSA) is 26.3 Å². The largest absolute Gasteiger partial charge is 0.421 e. The molecular formula is C14H11ClO2. The Bertz CT molecular complexity index is 602. The van der Waals surface area contributed by atoms with Gasteiger partial charge in [0.15, 0.2) is 5.75 Å². The van der Waals surface area contributed by atoms with Crippen LogP contribution in [0.1, 0.15) is 5.56 Å². The van der Waals surface area contributed by atoms with Crippen LogP contribution in [0.25, 0.3) is 10.8 Å². The third-order valence-corrected chi connectivity index (χ3v) is 2.81. The molecule has 3 heteroatoms. The zero-order valence-corrected chi connectivity index (χ0v) is 10.1. The summed E-state index contributed by atoms with van der Waals surface area (Å²) in [5, 5.41) is 2.27. The highest BCUT2D eigenvalue weighted by molar-refractivity contribution is 6.33. The molecule has 2 aromatic rings. The van der Waals surface area contributed by atoms with Crippen molar-refractivity contribution >= 4 is 28.3 Å². The lowest BCUT2D eigenvalue weighted by Gasteiger charge is -2.10. The van der Waals surface area contributed by atoms with Crippen LogP contribution < -0.4 is 4.74 Å². The van der Waals surface area contributed by atoms with E-state index in [4.69, 9.17) is 16.3 Å². The minimum atomic E-state index is -0.513. The van der Waals surface area contributed by atoms with E-state index < -0.39 is 5.97 Å². The van der Waals surface area contributed by atoms with Gasteiger partial charge in [-0.1, -0.05) is 42.4 Å². The van der Waals surface area contributed by atoms with Gasteiger partial charge in [0, 0.05) is 11.5 Å². The Hall–Kier alpha value is -1.80. The Balaban J connectivity index is 2.69. The van der Waals surface area contributed by atoms with Crippen molar-refractivity contribution in [2.24, 2.45) is 0 Å². The second kappa shape index (κ2) is 4.60. The molecule has 0 unspecified atom stereocenters. The zero-order valence-electron chi connectivity index (χ0n) is 9.37. The fraction of sp³-hybridized carbons (Fsp3) is 0.0714. The highest BCUT2D eigenvalue weighted by atomic mass is 35.5. The first-order valence-corrected chi connectivity index (χ1v) is 5.53. The predicted octanol–water partition coefficient (Wildman–Crippen LogP) is 3.89. The normalized spacial score (nSPS) is 10.2. The molecule has 0 fully saturated rings. The van der Waals surface area contributed by atoms with E-state index >= 15 is 0 Å². The number of benzene rings is 2. The first-order chi connectivity index (χ1) is 8.13. The van der Waals surface area contributed by atoms with Gasteiger partial charge in [-0.3, -0.25) is 0 Å². The molecule has 0 N–H and O–H groups in total. The Morgan fingerprint density at radius 2 is 2.00 bits per heavy atom. The molecule has 17 heavy (non-hydrogen) atoms. The van der Waals surface area contributed by atoms with Gasteiger partial charge in [0.1, 0.15) is 0 Å². The summed E-state index contributed by atoms with van der Waals surface area (Å²) in [4.78, 5) is 11.3. The van der Waals surface area contributed by atoms with Crippen molar-refractivity contribution in [1.29, 1.82) is 0 Å². The minimum absolute atomic E-state index is 0.387. The van der Waals surface area contributed by atoms with Crippen molar-refractivity contribution in [3.8, 4) is 5.75 Å². The van der Waals surface area contributed by atoms with Gasteiger partial charge in [-0.25, -0.2) is 4.79 Å². The molecular weight excluding hydrogens is 236 g/mol. The number of carbonyl (C=O) groups is 1. The number of hydrogen-bond donors (Lipinski definition) is 0. The molecule has 2 nitrogen and oxygen atoms in total. The summed E-state index contributed by atoms with van der Waals surface area (Å²) in [6, 6.07) is 9.44. The van der Waals surface area contributed by atoms with Gasteiger partial charge in [-0.15, -0.1) is 0 Å². The van der Waals surface area contributed by atoms with Crippen LogP contribution in [-0.2, 0) is 4.79 Å². The third kappa shape index (κ3) is 2.17. The number of fused-ring (bicyclic) bond motifs is 1. The van der Waals surface area contributed by atoms with Crippen LogP contribution >= 0.6 is 11.6 Å². The second-order valence-electron chi connectivity index (χ2n) is 3.68. The Labute approximate surface area is 104 Å². The first-order valence-electron chi connectivity index (χ1n) is 5.15. The van der Waals surface area contributed by atoms with E-state index in [1.807, 2.05) is 31.2 Å². The molecule has 0 aliphatic heterocycles. The smallest absolute Gasteiger partial charge is 0.335 e. The average molecular weight is 247 g/mol. The fourth-order valence-electron chi connectivity index (χ4n) is 1.73. The van der Waals surface area contributed by atoms with Crippen molar-refractivity contribution in [1.82, 2.24) is 0 Å². The molecule has 0 bridgehead atoms. The number of rotatable bonds is 2. The summed E-state index contributed by atoms with van der Waals surface area (Å²) in [6.45, 7) is 5.33. The lowest BCUT2D eigenvalue weighted by atomic mass is 10.0. The Kier molecular flexibility index (Phi) is 3.16. The van der Waals surface area contributed by atoms with Gasteiger partial charge in [-0.2, -0.15) is 0 Å². The van der Waals surface area contributed by atoms with E-state index in [0.29, 0.717) is 10.8 Å². The Morgan fingerprint density at radius 1 is 1.35 bits per heavy atom. The van der Waals surface area contributed by atoms with Crippen LogP contribution in [0, 0.1) is 6.92 Å². The number of hydrogen-bond acceptors (Lipinski definition) is 2. The number of aryl methyl sites for hydroxylation is 1. The van der Waals surface area contributed by atoms with Crippen molar-refractivity contribution in [2.45, 2.75) is 6.92 Å². The van der Waals surface area contributed by atoms with E-state index in [1.165, 1.54) is 0 Å². The second-order valence-corrected chi connectivity index (χ2v) is 4.08. The van der Waals surface area contributed by atoms with Crippen molar-refractivity contribution in [2.75, 3.05) is 0 Å². The quantitative estimate of drug-likeness (QED) is 0.456. The van der Waals surface area contributed by atoms with Gasteiger partial charge < -0.3 is 4.74 Å². The maximum Gasteiger partial charge on any atom is 0.335 e. The summed E-state index contributed by atoms with van der Waals surface area (Å²) in [6.07, 6.45) is 1.12. The highest BCUT2D eigenvalue weighted by Gasteiger charge is 2.12.